The van der Waals surface area contributed by atoms with E-state index in [0.717, 1.165) is 31.0 Å². The second-order valence-corrected chi connectivity index (χ2v) is 6.03. The van der Waals surface area contributed by atoms with Crippen molar-refractivity contribution in [3.8, 4) is 0 Å². The maximum atomic E-state index is 12.0. The molecule has 6 heteroatoms. The summed E-state index contributed by atoms with van der Waals surface area (Å²) in [6.45, 7) is 3.15. The lowest BCUT2D eigenvalue weighted by Gasteiger charge is -2.31. The summed E-state index contributed by atoms with van der Waals surface area (Å²) >= 11 is 5.85. The van der Waals surface area contributed by atoms with Gasteiger partial charge >= 0.3 is 0 Å². The van der Waals surface area contributed by atoms with Crippen molar-refractivity contribution >= 4 is 29.9 Å². The van der Waals surface area contributed by atoms with E-state index in [1.807, 2.05) is 31.3 Å². The minimum absolute atomic E-state index is 0. The van der Waals surface area contributed by atoms with Gasteiger partial charge in [0.2, 0.25) is 5.91 Å². The molecule has 0 spiro atoms. The molecule has 4 nitrogen and oxygen atoms in total. The largest absolute Gasteiger partial charge is 0.355 e. The number of hydrogen-bond acceptors (Lipinski definition) is 3. The van der Waals surface area contributed by atoms with Crippen molar-refractivity contribution in [3.63, 3.8) is 0 Å². The zero-order valence-electron chi connectivity index (χ0n) is 13.0. The molecule has 0 saturated carbocycles. The fraction of sp³-hybridized carbons (Fsp3) is 0.562. The molecule has 1 unspecified atom stereocenters. The van der Waals surface area contributed by atoms with Crippen LogP contribution in [0.5, 0.6) is 0 Å². The van der Waals surface area contributed by atoms with Crippen LogP contribution in [0.3, 0.4) is 0 Å². The molecule has 0 aliphatic carbocycles. The molecule has 22 heavy (non-hydrogen) atoms. The van der Waals surface area contributed by atoms with Crippen LogP contribution in [-0.2, 0) is 11.2 Å². The highest BCUT2D eigenvalue weighted by Crippen LogP contribution is 2.10. The van der Waals surface area contributed by atoms with Gasteiger partial charge in [-0.2, -0.15) is 0 Å². The van der Waals surface area contributed by atoms with E-state index in [1.165, 1.54) is 12.0 Å². The summed E-state index contributed by atoms with van der Waals surface area (Å²) in [6.07, 6.45) is 3.19. The van der Waals surface area contributed by atoms with Crippen molar-refractivity contribution in [1.29, 1.82) is 0 Å². The third kappa shape index (κ3) is 6.53. The van der Waals surface area contributed by atoms with Crippen LogP contribution in [0.2, 0.25) is 5.02 Å². The SMILES string of the molecule is CNC1CCCN(CC(=O)NCCc2ccc(Cl)cc2)C1.Cl. The van der Waals surface area contributed by atoms with Gasteiger partial charge in [-0.05, 0) is 50.6 Å². The molecule has 0 radical (unpaired) electrons. The number of likely N-dealkylation sites (N-methyl/N-ethyl adjacent to an activating group) is 1. The molecule has 0 bridgehead atoms. The van der Waals surface area contributed by atoms with E-state index in [-0.39, 0.29) is 18.3 Å². The summed E-state index contributed by atoms with van der Waals surface area (Å²) in [4.78, 5) is 14.2. The number of hydrogen-bond donors (Lipinski definition) is 2. The third-order valence-corrected chi connectivity index (χ3v) is 4.18. The van der Waals surface area contributed by atoms with Gasteiger partial charge < -0.3 is 10.6 Å². The van der Waals surface area contributed by atoms with Crippen molar-refractivity contribution < 1.29 is 4.79 Å². The van der Waals surface area contributed by atoms with Crippen molar-refractivity contribution in [1.82, 2.24) is 15.5 Å². The van der Waals surface area contributed by atoms with Crippen molar-refractivity contribution in [3.05, 3.63) is 34.9 Å². The van der Waals surface area contributed by atoms with Crippen LogP contribution >= 0.6 is 24.0 Å². The van der Waals surface area contributed by atoms with E-state index in [1.54, 1.807) is 0 Å². The molecule has 1 aliphatic heterocycles. The monoisotopic (exact) mass is 345 g/mol. The van der Waals surface area contributed by atoms with Crippen LogP contribution in [-0.4, -0.2) is 50.1 Å². The van der Waals surface area contributed by atoms with Gasteiger partial charge in [0.15, 0.2) is 0 Å². The second-order valence-electron chi connectivity index (χ2n) is 5.59. The summed E-state index contributed by atoms with van der Waals surface area (Å²) < 4.78 is 0. The number of amides is 1. The molecule has 1 aromatic carbocycles. The molecule has 1 saturated heterocycles. The Labute approximate surface area is 144 Å². The topological polar surface area (TPSA) is 44.4 Å². The Morgan fingerprint density at radius 3 is 2.77 bits per heavy atom. The highest BCUT2D eigenvalue weighted by Gasteiger charge is 2.19. The highest BCUT2D eigenvalue weighted by molar-refractivity contribution is 6.30. The van der Waals surface area contributed by atoms with Crippen molar-refractivity contribution in [2.45, 2.75) is 25.3 Å². The van der Waals surface area contributed by atoms with Gasteiger partial charge in [0, 0.05) is 24.2 Å². The quantitative estimate of drug-likeness (QED) is 0.829. The molecule has 1 fully saturated rings. The van der Waals surface area contributed by atoms with Gasteiger partial charge in [-0.15, -0.1) is 12.4 Å². The van der Waals surface area contributed by atoms with Gasteiger partial charge in [-0.25, -0.2) is 0 Å². The molecule has 124 valence electrons. The van der Waals surface area contributed by atoms with Gasteiger partial charge in [0.25, 0.3) is 0 Å². The number of likely N-dealkylation sites (tertiary alicyclic amines) is 1. The average molecular weight is 346 g/mol. The molecule has 1 atom stereocenters. The summed E-state index contributed by atoms with van der Waals surface area (Å²) in [5, 5.41) is 7.03. The Balaban J connectivity index is 0.00000242. The fourth-order valence-corrected chi connectivity index (χ4v) is 2.82. The zero-order valence-corrected chi connectivity index (χ0v) is 14.6. The van der Waals surface area contributed by atoms with Crippen LogP contribution in [0.25, 0.3) is 0 Å². The predicted molar refractivity (Wildman–Crippen MR) is 93.9 cm³/mol. The van der Waals surface area contributed by atoms with Crippen LogP contribution in [0, 0.1) is 0 Å². The van der Waals surface area contributed by atoms with Gasteiger partial charge in [-0.3, -0.25) is 9.69 Å². The van der Waals surface area contributed by atoms with Crippen LogP contribution < -0.4 is 10.6 Å². The maximum absolute atomic E-state index is 12.0. The number of rotatable bonds is 6. The lowest BCUT2D eigenvalue weighted by molar-refractivity contribution is -0.122. The number of halogens is 2. The van der Waals surface area contributed by atoms with E-state index in [9.17, 15) is 4.79 Å². The first-order chi connectivity index (χ1) is 10.2. The Morgan fingerprint density at radius 2 is 2.09 bits per heavy atom. The summed E-state index contributed by atoms with van der Waals surface area (Å²) in [7, 11) is 1.99. The van der Waals surface area contributed by atoms with E-state index in [4.69, 9.17) is 11.6 Å². The highest BCUT2D eigenvalue weighted by atomic mass is 35.5. The summed E-state index contributed by atoms with van der Waals surface area (Å²) in [6, 6.07) is 8.27. The van der Waals surface area contributed by atoms with E-state index >= 15 is 0 Å². The minimum atomic E-state index is 0. The van der Waals surface area contributed by atoms with E-state index in [0.29, 0.717) is 19.1 Å². The predicted octanol–water partition coefficient (Wildman–Crippen LogP) is 2.10. The number of piperidine rings is 1. The molecular formula is C16H25Cl2N3O. The molecule has 1 aromatic rings. The minimum Gasteiger partial charge on any atom is -0.355 e. The van der Waals surface area contributed by atoms with Crippen molar-refractivity contribution in [2.75, 3.05) is 33.2 Å². The normalized spacial score (nSPS) is 18.5. The third-order valence-electron chi connectivity index (χ3n) is 3.93. The van der Waals surface area contributed by atoms with Crippen LogP contribution in [0.1, 0.15) is 18.4 Å². The van der Waals surface area contributed by atoms with Gasteiger partial charge in [-0.1, -0.05) is 23.7 Å². The number of carbonyl (C=O) groups is 1. The molecule has 2 N–H and O–H groups in total. The lowest BCUT2D eigenvalue weighted by atomic mass is 10.1. The van der Waals surface area contributed by atoms with E-state index in [2.05, 4.69) is 15.5 Å². The average Bonchev–Trinajstić information content (AvgIpc) is 2.49. The summed E-state index contributed by atoms with van der Waals surface area (Å²) in [5.74, 6) is 0.112. The van der Waals surface area contributed by atoms with E-state index < -0.39 is 0 Å². The summed E-state index contributed by atoms with van der Waals surface area (Å²) in [5.41, 5.74) is 1.19. The molecule has 1 amide bonds. The van der Waals surface area contributed by atoms with Crippen molar-refractivity contribution in [2.24, 2.45) is 0 Å². The number of nitrogens with one attached hydrogen (secondary N) is 2. The Hall–Kier alpha value is -0.810. The first-order valence-corrected chi connectivity index (χ1v) is 7.96. The van der Waals surface area contributed by atoms with Gasteiger partial charge in [0.05, 0.1) is 6.54 Å². The molecular weight excluding hydrogens is 321 g/mol. The Bertz CT molecular complexity index is 453. The number of carbonyl (C=O) groups excluding carboxylic acids is 1. The standard InChI is InChI=1S/C16H24ClN3O.ClH/c1-18-15-3-2-10-20(11-15)12-16(21)19-9-8-13-4-6-14(17)7-5-13;/h4-7,15,18H,2-3,8-12H2,1H3,(H,19,21);1H. The zero-order chi connectivity index (χ0) is 15.1. The van der Waals surface area contributed by atoms with Crippen LogP contribution in [0.15, 0.2) is 24.3 Å². The maximum Gasteiger partial charge on any atom is 0.234 e. The fourth-order valence-electron chi connectivity index (χ4n) is 2.69. The number of benzene rings is 1. The number of nitrogens with zero attached hydrogens (tertiary/aromatic N) is 1. The first-order valence-electron chi connectivity index (χ1n) is 7.58. The molecule has 1 heterocycles. The first kappa shape index (κ1) is 19.2. The van der Waals surface area contributed by atoms with Crippen LogP contribution in [0.4, 0.5) is 0 Å². The Kier molecular flexibility index (Phi) is 8.79. The molecule has 1 aliphatic rings. The second kappa shape index (κ2) is 10.1. The molecule has 2 rings (SSSR count). The Morgan fingerprint density at radius 1 is 1.36 bits per heavy atom. The lowest BCUT2D eigenvalue weighted by Crippen LogP contribution is -2.48. The molecule has 0 aromatic heterocycles. The van der Waals surface area contributed by atoms with Gasteiger partial charge in [0.1, 0.15) is 0 Å². The smallest absolute Gasteiger partial charge is 0.234 e.